The lowest BCUT2D eigenvalue weighted by atomic mass is 9.82. The van der Waals surface area contributed by atoms with Crippen molar-refractivity contribution in [1.29, 1.82) is 0 Å². The number of anilines is 1. The molecule has 4 atom stereocenters. The molecule has 1 saturated carbocycles. The van der Waals surface area contributed by atoms with Crippen molar-refractivity contribution in [1.82, 2.24) is 0 Å². The molecule has 0 radical (unpaired) electrons. The van der Waals surface area contributed by atoms with Crippen molar-refractivity contribution in [3.05, 3.63) is 64.7 Å². The molecule has 0 N–H and O–H groups in total. The van der Waals surface area contributed by atoms with Crippen LogP contribution < -0.4 is 9.64 Å². The van der Waals surface area contributed by atoms with Crippen LogP contribution in [0.2, 0.25) is 0 Å². The Kier molecular flexibility index (Phi) is 3.76. The Labute approximate surface area is 165 Å². The highest BCUT2D eigenvalue weighted by atomic mass is 79.9. The maximum absolute atomic E-state index is 13.0. The number of imide groups is 1. The minimum absolute atomic E-state index is 0.0495. The zero-order valence-corrected chi connectivity index (χ0v) is 16.3. The van der Waals surface area contributed by atoms with E-state index < -0.39 is 0 Å². The monoisotopic (exact) mass is 423 g/mol. The van der Waals surface area contributed by atoms with Gasteiger partial charge in [-0.05, 0) is 73.7 Å². The maximum atomic E-state index is 13.0. The molecule has 4 nitrogen and oxygen atoms in total. The van der Waals surface area contributed by atoms with Crippen molar-refractivity contribution in [3.8, 4) is 11.5 Å². The predicted molar refractivity (Wildman–Crippen MR) is 105 cm³/mol. The van der Waals surface area contributed by atoms with E-state index in [0.29, 0.717) is 11.4 Å². The predicted octanol–water partition coefficient (Wildman–Crippen LogP) is 4.94. The smallest absolute Gasteiger partial charge is 0.238 e. The van der Waals surface area contributed by atoms with Crippen LogP contribution in [-0.4, -0.2) is 11.8 Å². The molecule has 27 heavy (non-hydrogen) atoms. The van der Waals surface area contributed by atoms with Gasteiger partial charge in [-0.15, -0.1) is 0 Å². The van der Waals surface area contributed by atoms with Crippen molar-refractivity contribution < 1.29 is 14.3 Å². The number of ether oxygens (including phenoxy) is 1. The van der Waals surface area contributed by atoms with Gasteiger partial charge in [0.05, 0.1) is 17.5 Å². The lowest BCUT2D eigenvalue weighted by Gasteiger charge is -2.19. The van der Waals surface area contributed by atoms with Crippen LogP contribution in [0.1, 0.15) is 13.3 Å². The minimum atomic E-state index is -0.176. The van der Waals surface area contributed by atoms with Gasteiger partial charge in [0.2, 0.25) is 11.8 Å². The van der Waals surface area contributed by atoms with Crippen LogP contribution in [-0.2, 0) is 9.59 Å². The van der Waals surface area contributed by atoms with Gasteiger partial charge in [-0.2, -0.15) is 0 Å². The summed E-state index contributed by atoms with van der Waals surface area (Å²) >= 11 is 3.40. The van der Waals surface area contributed by atoms with Crippen LogP contribution in [0.25, 0.3) is 0 Å². The van der Waals surface area contributed by atoms with E-state index >= 15 is 0 Å². The molecule has 5 heteroatoms. The van der Waals surface area contributed by atoms with E-state index in [4.69, 9.17) is 4.74 Å². The number of halogens is 1. The van der Waals surface area contributed by atoms with Crippen molar-refractivity contribution in [2.45, 2.75) is 13.3 Å². The molecule has 0 spiro atoms. The summed E-state index contributed by atoms with van der Waals surface area (Å²) in [6.45, 7) is 2.08. The summed E-state index contributed by atoms with van der Waals surface area (Å²) in [5, 5.41) is 0. The van der Waals surface area contributed by atoms with Crippen LogP contribution in [0.5, 0.6) is 11.5 Å². The first-order valence-electron chi connectivity index (χ1n) is 9.12. The summed E-state index contributed by atoms with van der Waals surface area (Å²) < 4.78 is 6.81. The molecule has 2 aromatic rings. The fourth-order valence-electron chi connectivity index (χ4n) is 4.83. The Morgan fingerprint density at radius 3 is 2.19 bits per heavy atom. The number of carbonyl (C=O) groups is 2. The number of carbonyl (C=O) groups excluding carboxylic acids is 2. The first-order chi connectivity index (χ1) is 13.0. The van der Waals surface area contributed by atoms with E-state index in [1.807, 2.05) is 24.3 Å². The van der Waals surface area contributed by atoms with Gasteiger partial charge in [-0.1, -0.05) is 27.6 Å². The topological polar surface area (TPSA) is 46.6 Å². The summed E-state index contributed by atoms with van der Waals surface area (Å²) in [5.74, 6) is 1.40. The molecule has 136 valence electrons. The number of nitrogens with zero attached hydrogens (tertiary/aromatic N) is 1. The molecule has 2 aliphatic carbocycles. The van der Waals surface area contributed by atoms with Gasteiger partial charge in [0.1, 0.15) is 11.5 Å². The molecule has 5 rings (SSSR count). The average Bonchev–Trinajstić information content (AvgIpc) is 3.29. The molecule has 2 fully saturated rings. The molecule has 1 aliphatic heterocycles. The number of fused-ring (bicyclic) bond motifs is 5. The summed E-state index contributed by atoms with van der Waals surface area (Å²) in [5.41, 5.74) is 1.89. The highest BCUT2D eigenvalue weighted by molar-refractivity contribution is 9.10. The Morgan fingerprint density at radius 2 is 1.52 bits per heavy atom. The molecule has 3 aliphatic rings. The number of hydrogen-bond acceptors (Lipinski definition) is 3. The fourth-order valence-corrected chi connectivity index (χ4v) is 5.10. The standard InChI is InChI=1S/C22H18BrNO3/c1-12-10-13-11-18(12)20-19(13)21(25)24(22(20)26)15-4-8-17(9-5-15)27-16-6-2-14(23)3-7-16/h2-10,13,18-20H,11H2,1H3/t13-,18-,19-,20-/m0/s1. The molecule has 0 unspecified atom stereocenters. The van der Waals surface area contributed by atoms with E-state index in [1.54, 1.807) is 24.3 Å². The summed E-state index contributed by atoms with van der Waals surface area (Å²) in [4.78, 5) is 27.3. The third kappa shape index (κ3) is 2.56. The Balaban J connectivity index is 1.37. The first kappa shape index (κ1) is 16.8. The van der Waals surface area contributed by atoms with Gasteiger partial charge in [0.25, 0.3) is 0 Å². The van der Waals surface area contributed by atoms with Gasteiger partial charge in [0.15, 0.2) is 0 Å². The van der Waals surface area contributed by atoms with E-state index in [9.17, 15) is 9.59 Å². The van der Waals surface area contributed by atoms with Crippen molar-refractivity contribution in [2.75, 3.05) is 4.90 Å². The quantitative estimate of drug-likeness (QED) is 0.518. The second kappa shape index (κ2) is 6.06. The lowest BCUT2D eigenvalue weighted by Crippen LogP contribution is -2.32. The summed E-state index contributed by atoms with van der Waals surface area (Å²) in [7, 11) is 0. The van der Waals surface area contributed by atoms with Crippen LogP contribution in [0.3, 0.4) is 0 Å². The van der Waals surface area contributed by atoms with E-state index in [0.717, 1.165) is 16.6 Å². The fraction of sp³-hybridized carbons (Fsp3) is 0.273. The average molecular weight is 424 g/mol. The molecular formula is C22H18BrNO3. The van der Waals surface area contributed by atoms with Crippen LogP contribution in [0.4, 0.5) is 5.69 Å². The maximum Gasteiger partial charge on any atom is 0.238 e. The van der Waals surface area contributed by atoms with Gasteiger partial charge >= 0.3 is 0 Å². The molecule has 2 bridgehead atoms. The normalized spacial score (nSPS) is 28.5. The third-order valence-corrected chi connectivity index (χ3v) is 6.55. The van der Waals surface area contributed by atoms with Gasteiger partial charge in [-0.3, -0.25) is 14.5 Å². The highest BCUT2D eigenvalue weighted by Crippen LogP contribution is 2.55. The zero-order chi connectivity index (χ0) is 18.7. The number of amides is 2. The zero-order valence-electron chi connectivity index (χ0n) is 14.8. The van der Waals surface area contributed by atoms with Gasteiger partial charge < -0.3 is 4.74 Å². The van der Waals surface area contributed by atoms with Gasteiger partial charge in [-0.25, -0.2) is 0 Å². The summed E-state index contributed by atoms with van der Waals surface area (Å²) in [6, 6.07) is 14.7. The third-order valence-electron chi connectivity index (χ3n) is 6.02. The van der Waals surface area contributed by atoms with Crippen molar-refractivity contribution in [2.24, 2.45) is 23.7 Å². The van der Waals surface area contributed by atoms with Crippen LogP contribution in [0.15, 0.2) is 64.7 Å². The Hall–Kier alpha value is -2.40. The Morgan fingerprint density at radius 1 is 0.926 bits per heavy atom. The molecule has 0 aromatic heterocycles. The van der Waals surface area contributed by atoms with Crippen molar-refractivity contribution >= 4 is 33.4 Å². The first-order valence-corrected chi connectivity index (χ1v) is 9.92. The molecule has 1 heterocycles. The second-order valence-corrected chi connectivity index (χ2v) is 8.45. The van der Waals surface area contributed by atoms with Gasteiger partial charge in [0, 0.05) is 4.47 Å². The molecule has 2 aromatic carbocycles. The second-order valence-electron chi connectivity index (χ2n) is 7.53. The number of rotatable bonds is 3. The number of allylic oxidation sites excluding steroid dienone is 2. The van der Waals surface area contributed by atoms with E-state index in [1.165, 1.54) is 10.5 Å². The van der Waals surface area contributed by atoms with E-state index in [-0.39, 0.29) is 35.5 Å². The largest absolute Gasteiger partial charge is 0.457 e. The number of benzene rings is 2. The summed E-state index contributed by atoms with van der Waals surface area (Å²) in [6.07, 6.45) is 3.14. The molecule has 2 amide bonds. The molecule has 1 saturated heterocycles. The van der Waals surface area contributed by atoms with Crippen LogP contribution in [0, 0.1) is 23.7 Å². The minimum Gasteiger partial charge on any atom is -0.457 e. The number of hydrogen-bond donors (Lipinski definition) is 0. The van der Waals surface area contributed by atoms with E-state index in [2.05, 4.69) is 28.9 Å². The van der Waals surface area contributed by atoms with Crippen LogP contribution >= 0.6 is 15.9 Å². The van der Waals surface area contributed by atoms with Crippen molar-refractivity contribution in [3.63, 3.8) is 0 Å². The lowest BCUT2D eigenvalue weighted by molar-refractivity contribution is -0.123. The Bertz CT molecular complexity index is 964. The highest BCUT2D eigenvalue weighted by Gasteiger charge is 2.60. The molecular weight excluding hydrogens is 406 g/mol. The SMILES string of the molecule is CC1=C[C@H]2C[C@@H]1[C@@H]1C(=O)N(c3ccc(Oc4ccc(Br)cc4)cc3)C(=O)[C@H]12.